The third-order valence-corrected chi connectivity index (χ3v) is 5.35. The summed E-state index contributed by atoms with van der Waals surface area (Å²) in [5.74, 6) is -0.0885. The molecule has 0 aromatic rings. The van der Waals surface area contributed by atoms with E-state index in [2.05, 4.69) is 6.92 Å². The van der Waals surface area contributed by atoms with Crippen LogP contribution in [0.5, 0.6) is 0 Å². The van der Waals surface area contributed by atoms with Gasteiger partial charge in [-0.1, -0.05) is 84.0 Å². The number of halogens is 1. The van der Waals surface area contributed by atoms with Gasteiger partial charge < -0.3 is 12.4 Å². The zero-order chi connectivity index (χ0) is 18.3. The number of carbonyl (C=O) groups excluding carboxylic acids is 2. The molecule has 0 aliphatic carbocycles. The van der Waals surface area contributed by atoms with Crippen molar-refractivity contribution in [2.75, 3.05) is 13.6 Å². The Balaban J connectivity index is 0. The monoisotopic (exact) mass is 375 g/mol. The molecule has 0 N–H and O–H groups in total. The number of quaternary nitrogens is 1. The number of nitrogens with zero attached hydrogens (tertiary/aromatic N) is 1. The maximum absolute atomic E-state index is 11.6. The fourth-order valence-electron chi connectivity index (χ4n) is 3.16. The lowest BCUT2D eigenvalue weighted by atomic mass is 10.0. The summed E-state index contributed by atoms with van der Waals surface area (Å²) in [6.07, 6.45) is 18.5. The second kappa shape index (κ2) is 17.0. The Morgan fingerprint density at radius 1 is 0.600 bits per heavy atom. The van der Waals surface area contributed by atoms with Gasteiger partial charge in [0.1, 0.15) is 0 Å². The molecule has 150 valence electrons. The Hall–Kier alpha value is -0.410. The minimum atomic E-state index is -0.0443. The van der Waals surface area contributed by atoms with Crippen molar-refractivity contribution in [1.82, 2.24) is 0 Å². The molecule has 0 aromatic carbocycles. The van der Waals surface area contributed by atoms with Gasteiger partial charge in [-0.3, -0.25) is 0 Å². The van der Waals surface area contributed by atoms with Crippen molar-refractivity contribution in [3.05, 3.63) is 0 Å². The molecule has 0 aromatic heterocycles. The Morgan fingerprint density at radius 2 is 0.880 bits per heavy atom. The Bertz CT molecular complexity index is 331. The SMILES string of the molecule is CCCCCCCCCCCCCCCC[N+](C)(C(C)=O)C(C)=O.[Cl-]. The van der Waals surface area contributed by atoms with E-state index < -0.39 is 0 Å². The average molecular weight is 376 g/mol. The van der Waals surface area contributed by atoms with Gasteiger partial charge in [0.05, 0.1) is 27.4 Å². The van der Waals surface area contributed by atoms with Crippen LogP contribution in [0.25, 0.3) is 0 Å². The van der Waals surface area contributed by atoms with Gasteiger partial charge in [-0.15, -0.1) is 0 Å². The fourth-order valence-corrected chi connectivity index (χ4v) is 3.16. The normalized spacial score (nSPS) is 11.2. The second-order valence-corrected chi connectivity index (χ2v) is 7.55. The molecule has 0 aliphatic rings. The Kier molecular flexibility index (Phi) is 18.3. The summed E-state index contributed by atoms with van der Waals surface area (Å²) in [4.78, 5) is 23.2. The van der Waals surface area contributed by atoms with E-state index in [4.69, 9.17) is 0 Å². The Labute approximate surface area is 162 Å². The summed E-state index contributed by atoms with van der Waals surface area (Å²) in [7, 11) is 1.74. The first-order valence-corrected chi connectivity index (χ1v) is 10.3. The lowest BCUT2D eigenvalue weighted by Gasteiger charge is -2.26. The van der Waals surface area contributed by atoms with Crippen LogP contribution in [-0.4, -0.2) is 29.9 Å². The van der Waals surface area contributed by atoms with E-state index in [1.54, 1.807) is 7.05 Å². The summed E-state index contributed by atoms with van der Waals surface area (Å²) in [5.41, 5.74) is 0. The molecule has 0 saturated carbocycles. The van der Waals surface area contributed by atoms with Crippen LogP contribution in [0.15, 0.2) is 0 Å². The smallest absolute Gasteiger partial charge is 0.317 e. The number of unbranched alkanes of at least 4 members (excludes halogenated alkanes) is 13. The van der Waals surface area contributed by atoms with E-state index in [1.807, 2.05) is 0 Å². The van der Waals surface area contributed by atoms with Gasteiger partial charge >= 0.3 is 11.8 Å². The fraction of sp³-hybridized carbons (Fsp3) is 0.905. The molecule has 0 radical (unpaired) electrons. The summed E-state index contributed by atoms with van der Waals surface area (Å²) >= 11 is 0. The van der Waals surface area contributed by atoms with Crippen molar-refractivity contribution < 1.29 is 26.5 Å². The predicted octanol–water partition coefficient (Wildman–Crippen LogP) is 3.01. The number of amides is 2. The molecule has 0 fully saturated rings. The number of carbonyl (C=O) groups is 2. The van der Waals surface area contributed by atoms with E-state index in [0.717, 1.165) is 12.8 Å². The zero-order valence-corrected chi connectivity index (χ0v) is 18.0. The molecule has 0 saturated heterocycles. The molecule has 0 aliphatic heterocycles. The quantitative estimate of drug-likeness (QED) is 0.325. The van der Waals surface area contributed by atoms with E-state index in [0.29, 0.717) is 6.54 Å². The lowest BCUT2D eigenvalue weighted by molar-refractivity contribution is -0.756. The first-order chi connectivity index (χ1) is 11.4. The van der Waals surface area contributed by atoms with Crippen LogP contribution in [0.4, 0.5) is 0 Å². The molecular weight excluding hydrogens is 334 g/mol. The van der Waals surface area contributed by atoms with Gasteiger partial charge in [0.2, 0.25) is 0 Å². The highest BCUT2D eigenvalue weighted by Gasteiger charge is 2.32. The molecule has 2 amide bonds. The molecule has 3 nitrogen and oxygen atoms in total. The van der Waals surface area contributed by atoms with Crippen LogP contribution in [0, 0.1) is 0 Å². The van der Waals surface area contributed by atoms with Gasteiger partial charge in [0, 0.05) is 0 Å². The summed E-state index contributed by atoms with van der Waals surface area (Å²) in [6, 6.07) is 0. The van der Waals surface area contributed by atoms with Gasteiger partial charge in [-0.25, -0.2) is 14.1 Å². The first kappa shape index (κ1) is 26.8. The molecular formula is C21H42ClNO2. The van der Waals surface area contributed by atoms with Crippen molar-refractivity contribution in [3.8, 4) is 0 Å². The van der Waals surface area contributed by atoms with Gasteiger partial charge in [0.15, 0.2) is 0 Å². The van der Waals surface area contributed by atoms with E-state index >= 15 is 0 Å². The van der Waals surface area contributed by atoms with Crippen molar-refractivity contribution in [2.24, 2.45) is 0 Å². The Morgan fingerprint density at radius 3 is 1.16 bits per heavy atom. The largest absolute Gasteiger partial charge is 1.00 e. The second-order valence-electron chi connectivity index (χ2n) is 7.55. The summed E-state index contributed by atoms with van der Waals surface area (Å²) in [6.45, 7) is 5.96. The molecule has 0 atom stereocenters. The van der Waals surface area contributed by atoms with Gasteiger partial charge in [-0.05, 0) is 12.8 Å². The van der Waals surface area contributed by atoms with Crippen molar-refractivity contribution >= 4 is 11.8 Å². The maximum atomic E-state index is 11.6. The number of hydrogen-bond acceptors (Lipinski definition) is 2. The highest BCUT2D eigenvalue weighted by atomic mass is 35.5. The van der Waals surface area contributed by atoms with E-state index in [1.165, 1.54) is 90.9 Å². The third kappa shape index (κ3) is 13.5. The third-order valence-electron chi connectivity index (χ3n) is 5.35. The zero-order valence-electron chi connectivity index (χ0n) is 17.2. The summed E-state index contributed by atoms with van der Waals surface area (Å²) < 4.78 is -0.0434. The number of hydrogen-bond donors (Lipinski definition) is 0. The van der Waals surface area contributed by atoms with Crippen molar-refractivity contribution in [3.63, 3.8) is 0 Å². The van der Waals surface area contributed by atoms with Crippen LogP contribution in [-0.2, 0) is 9.59 Å². The van der Waals surface area contributed by atoms with Crippen LogP contribution in [0.2, 0.25) is 0 Å². The van der Waals surface area contributed by atoms with Gasteiger partial charge in [0.25, 0.3) is 0 Å². The van der Waals surface area contributed by atoms with Crippen LogP contribution in [0.3, 0.4) is 0 Å². The van der Waals surface area contributed by atoms with E-state index in [9.17, 15) is 9.59 Å². The van der Waals surface area contributed by atoms with Crippen LogP contribution >= 0.6 is 0 Å². The predicted molar refractivity (Wildman–Crippen MR) is 103 cm³/mol. The average Bonchev–Trinajstić information content (AvgIpc) is 2.54. The maximum Gasteiger partial charge on any atom is 0.317 e. The minimum absolute atomic E-state index is 0. The minimum Gasteiger partial charge on any atom is -1.00 e. The molecule has 0 spiro atoms. The van der Waals surface area contributed by atoms with E-state index in [-0.39, 0.29) is 28.7 Å². The van der Waals surface area contributed by atoms with Crippen LogP contribution in [0.1, 0.15) is 111 Å². The molecule has 0 heterocycles. The highest BCUT2D eigenvalue weighted by molar-refractivity contribution is 5.81. The number of rotatable bonds is 15. The molecule has 25 heavy (non-hydrogen) atoms. The number of imide groups is 1. The molecule has 4 heteroatoms. The molecule has 0 unspecified atom stereocenters. The first-order valence-electron chi connectivity index (χ1n) is 10.3. The topological polar surface area (TPSA) is 34.1 Å². The lowest BCUT2D eigenvalue weighted by Crippen LogP contribution is -3.00. The van der Waals surface area contributed by atoms with Crippen molar-refractivity contribution in [2.45, 2.75) is 111 Å². The molecule has 0 bridgehead atoms. The van der Waals surface area contributed by atoms with Gasteiger partial charge in [-0.2, -0.15) is 0 Å². The highest BCUT2D eigenvalue weighted by Crippen LogP contribution is 2.14. The van der Waals surface area contributed by atoms with Crippen molar-refractivity contribution in [1.29, 1.82) is 0 Å². The summed E-state index contributed by atoms with van der Waals surface area (Å²) in [5, 5.41) is 0. The molecule has 0 rings (SSSR count). The van der Waals surface area contributed by atoms with Crippen LogP contribution < -0.4 is 12.4 Å². The standard InChI is InChI=1S/C21H42NO2.ClH/c1-5-6-7-8-9-10-11-12-13-14-15-16-17-18-19-22(4,20(2)23)21(3)24;/h5-19H2,1-4H3;1H/q+1;/p-1.